The lowest BCUT2D eigenvalue weighted by Crippen LogP contribution is -2.40. The molecule has 8 heteroatoms. The molecule has 4 atom stereocenters. The zero-order valence-electron chi connectivity index (χ0n) is 28.3. The van der Waals surface area contributed by atoms with Crippen molar-refractivity contribution in [3.8, 4) is 45.6 Å². The third-order valence-corrected chi connectivity index (χ3v) is 11.1. The van der Waals surface area contributed by atoms with E-state index in [0.717, 1.165) is 66.5 Å². The number of phenolic OH excluding ortho intramolecular Hbond substituents is 2. The lowest BCUT2D eigenvalue weighted by atomic mass is 9.77. The Hall–Kier alpha value is -4.40. The maximum absolute atomic E-state index is 12.1. The number of hydrogen-bond donors (Lipinski definition) is 4. The Balaban J connectivity index is 1.10. The molecule has 262 valence electrons. The van der Waals surface area contributed by atoms with Crippen LogP contribution in [0.15, 0.2) is 72.8 Å². The van der Waals surface area contributed by atoms with E-state index in [1.807, 2.05) is 42.5 Å². The molecule has 4 aliphatic rings. The van der Waals surface area contributed by atoms with Gasteiger partial charge in [-0.3, -0.25) is 0 Å². The number of ether oxygens (including phenoxy) is 4. The molecule has 0 aromatic heterocycles. The maximum atomic E-state index is 12.1. The second-order valence-corrected chi connectivity index (χ2v) is 14.5. The molecule has 0 saturated heterocycles. The minimum Gasteiger partial charge on any atom is -0.508 e. The number of aliphatic hydroxyl groups is 2. The summed E-state index contributed by atoms with van der Waals surface area (Å²) in [5.41, 5.74) is 4.67. The number of rotatable bonds is 8. The van der Waals surface area contributed by atoms with Gasteiger partial charge < -0.3 is 39.4 Å². The van der Waals surface area contributed by atoms with Crippen LogP contribution in [0.4, 0.5) is 0 Å². The Morgan fingerprint density at radius 2 is 1.26 bits per heavy atom. The highest BCUT2D eigenvalue weighted by atomic mass is 16.5. The predicted molar refractivity (Wildman–Crippen MR) is 189 cm³/mol. The van der Waals surface area contributed by atoms with Crippen molar-refractivity contribution < 1.29 is 39.4 Å². The van der Waals surface area contributed by atoms with E-state index in [2.05, 4.69) is 0 Å². The topological polar surface area (TPSA) is 118 Å². The molecule has 0 amide bonds. The molecule has 8 nitrogen and oxygen atoms in total. The Labute approximate surface area is 293 Å². The summed E-state index contributed by atoms with van der Waals surface area (Å²) < 4.78 is 25.5. The molecule has 4 aromatic carbocycles. The maximum Gasteiger partial charge on any atom is 0.128 e. The van der Waals surface area contributed by atoms with E-state index >= 15 is 0 Å². The van der Waals surface area contributed by atoms with Gasteiger partial charge in [0.15, 0.2) is 0 Å². The molecule has 4 unspecified atom stereocenters. The van der Waals surface area contributed by atoms with E-state index in [1.54, 1.807) is 30.3 Å². The second-order valence-electron chi connectivity index (χ2n) is 14.5. The molecule has 0 radical (unpaired) electrons. The van der Waals surface area contributed by atoms with Crippen molar-refractivity contribution in [1.29, 1.82) is 0 Å². The normalized spacial score (nSPS) is 23.7. The van der Waals surface area contributed by atoms with E-state index in [0.29, 0.717) is 34.8 Å². The first-order valence-corrected chi connectivity index (χ1v) is 18.3. The van der Waals surface area contributed by atoms with Crippen LogP contribution in [0.25, 0.3) is 11.1 Å². The number of phenols is 2. The predicted octanol–water partition coefficient (Wildman–Crippen LogP) is 8.17. The van der Waals surface area contributed by atoms with Crippen LogP contribution in [0.3, 0.4) is 0 Å². The lowest BCUT2D eigenvalue weighted by Gasteiger charge is -2.40. The molecule has 0 bridgehead atoms. The van der Waals surface area contributed by atoms with E-state index < -0.39 is 24.0 Å². The number of hydrogen-bond acceptors (Lipinski definition) is 8. The molecule has 2 fully saturated rings. The number of fused-ring (bicyclic) bond motifs is 2. The van der Waals surface area contributed by atoms with Gasteiger partial charge in [-0.25, -0.2) is 0 Å². The number of aromatic hydroxyl groups is 2. The summed E-state index contributed by atoms with van der Waals surface area (Å²) in [6, 6.07) is 21.9. The second kappa shape index (κ2) is 14.1. The van der Waals surface area contributed by atoms with Gasteiger partial charge in [-0.2, -0.15) is 0 Å². The van der Waals surface area contributed by atoms with Crippen LogP contribution < -0.4 is 18.9 Å². The van der Waals surface area contributed by atoms with Gasteiger partial charge in [0, 0.05) is 34.9 Å². The van der Waals surface area contributed by atoms with Gasteiger partial charge in [0.2, 0.25) is 0 Å². The molecular weight excluding hydrogens is 632 g/mol. The van der Waals surface area contributed by atoms with Crippen molar-refractivity contribution >= 4 is 0 Å². The highest BCUT2D eigenvalue weighted by molar-refractivity contribution is 5.70. The average Bonchev–Trinajstić information content (AvgIpc) is 3.63. The van der Waals surface area contributed by atoms with Crippen LogP contribution in [-0.2, 0) is 6.42 Å². The third kappa shape index (κ3) is 6.71. The summed E-state index contributed by atoms with van der Waals surface area (Å²) in [7, 11) is 0. The Morgan fingerprint density at radius 1 is 0.600 bits per heavy atom. The van der Waals surface area contributed by atoms with Crippen molar-refractivity contribution in [1.82, 2.24) is 0 Å². The van der Waals surface area contributed by atoms with Gasteiger partial charge in [0.25, 0.3) is 0 Å². The van der Waals surface area contributed by atoms with Gasteiger partial charge in [0.1, 0.15) is 34.5 Å². The molecule has 50 heavy (non-hydrogen) atoms. The summed E-state index contributed by atoms with van der Waals surface area (Å²) in [6.45, 7) is 0.446. The van der Waals surface area contributed by atoms with Crippen molar-refractivity contribution in [2.45, 2.75) is 88.6 Å². The third-order valence-electron chi connectivity index (χ3n) is 11.1. The van der Waals surface area contributed by atoms with E-state index in [1.165, 1.54) is 19.3 Å². The summed E-state index contributed by atoms with van der Waals surface area (Å²) in [6.07, 6.45) is 8.79. The number of benzene rings is 4. The van der Waals surface area contributed by atoms with Gasteiger partial charge in [-0.1, -0.05) is 24.6 Å². The average molecular weight is 679 g/mol. The molecule has 2 saturated carbocycles. The summed E-state index contributed by atoms with van der Waals surface area (Å²) in [5, 5.41) is 44.6. The van der Waals surface area contributed by atoms with Gasteiger partial charge >= 0.3 is 0 Å². The first-order chi connectivity index (χ1) is 24.4. The molecule has 2 aliphatic heterocycles. The molecule has 0 spiro atoms. The zero-order valence-corrected chi connectivity index (χ0v) is 28.3. The van der Waals surface area contributed by atoms with E-state index in [4.69, 9.17) is 18.9 Å². The monoisotopic (exact) mass is 678 g/mol. The van der Waals surface area contributed by atoms with Crippen LogP contribution in [-0.4, -0.2) is 45.8 Å². The van der Waals surface area contributed by atoms with Crippen LogP contribution in [0.2, 0.25) is 0 Å². The Bertz CT molecular complexity index is 1820. The smallest absolute Gasteiger partial charge is 0.128 e. The molecule has 2 aliphatic carbocycles. The fraction of sp³-hybridized carbons (Fsp3) is 0.429. The van der Waals surface area contributed by atoms with Gasteiger partial charge in [-0.05, 0) is 123 Å². The molecule has 2 heterocycles. The van der Waals surface area contributed by atoms with Crippen LogP contribution >= 0.6 is 0 Å². The fourth-order valence-corrected chi connectivity index (χ4v) is 8.43. The van der Waals surface area contributed by atoms with Crippen molar-refractivity contribution in [2.75, 3.05) is 13.2 Å². The van der Waals surface area contributed by atoms with Gasteiger partial charge in [0.05, 0.1) is 37.6 Å². The molecule has 4 aromatic rings. The van der Waals surface area contributed by atoms with Gasteiger partial charge in [-0.15, -0.1) is 0 Å². The number of aliphatic hydroxyl groups excluding tert-OH is 2. The molecule has 8 rings (SSSR count). The fourth-order valence-electron chi connectivity index (χ4n) is 8.43. The van der Waals surface area contributed by atoms with Crippen molar-refractivity contribution in [2.24, 2.45) is 11.8 Å². The standard InChI is InChI=1S/C42H46O8/c43-28-8-6-7-25(18-28)34-15-13-29(44)19-26(34)17-27-20-33(50-31-11-4-5-12-31)22-36-41(46)38(24-48-42(27)36)37-23-47-39-16-14-32(21-35(39)40(37)45)49-30-9-2-1-3-10-30/h6-8,13-16,18-22,30-31,37-38,40-41,43-46H,1-5,9-12,17,23-24H2. The minimum atomic E-state index is -0.939. The van der Waals surface area contributed by atoms with E-state index in [9.17, 15) is 20.4 Å². The summed E-state index contributed by atoms with van der Waals surface area (Å²) in [4.78, 5) is 0. The van der Waals surface area contributed by atoms with Crippen LogP contribution in [0.1, 0.15) is 92.2 Å². The lowest BCUT2D eigenvalue weighted by molar-refractivity contribution is -0.0555. The molecular formula is C42H46O8. The largest absolute Gasteiger partial charge is 0.508 e. The summed E-state index contributed by atoms with van der Waals surface area (Å²) >= 11 is 0. The minimum absolute atomic E-state index is 0.108. The highest BCUT2D eigenvalue weighted by Crippen LogP contribution is 2.49. The van der Waals surface area contributed by atoms with Crippen molar-refractivity contribution in [3.63, 3.8) is 0 Å². The first kappa shape index (κ1) is 32.8. The summed E-state index contributed by atoms with van der Waals surface area (Å²) in [5.74, 6) is 2.08. The highest BCUT2D eigenvalue weighted by Gasteiger charge is 2.43. The SMILES string of the molecule is Oc1cccc(-c2ccc(O)cc2Cc2cc(OC3CCCC3)cc3c2OCC(C2COc4ccc(OC5CCCCC5)cc4C2O)C3O)c1. The molecule has 4 N–H and O–H groups in total. The van der Waals surface area contributed by atoms with Crippen LogP contribution in [0, 0.1) is 11.8 Å². The van der Waals surface area contributed by atoms with Crippen molar-refractivity contribution in [3.05, 3.63) is 95.1 Å². The Morgan fingerprint density at radius 3 is 2.02 bits per heavy atom. The van der Waals surface area contributed by atoms with Crippen LogP contribution in [0.5, 0.6) is 34.5 Å². The Kier molecular flexibility index (Phi) is 9.23. The first-order valence-electron chi connectivity index (χ1n) is 18.3. The quantitative estimate of drug-likeness (QED) is 0.147. The zero-order chi connectivity index (χ0) is 34.2. The van der Waals surface area contributed by atoms with E-state index in [-0.39, 0.29) is 36.9 Å².